The molecule has 0 N–H and O–H groups in total. The molecular formula is C8H5ClN2O. The first kappa shape index (κ1) is 8.69. The first-order valence-electron chi connectivity index (χ1n) is 3.25. The van der Waals surface area contributed by atoms with E-state index >= 15 is 0 Å². The van der Waals surface area contributed by atoms with Crippen LogP contribution >= 0.6 is 11.6 Å². The van der Waals surface area contributed by atoms with Crippen LogP contribution in [0.25, 0.3) is 0 Å². The zero-order chi connectivity index (χ0) is 8.97. The maximum Gasteiger partial charge on any atom is 0.178 e. The van der Waals surface area contributed by atoms with Gasteiger partial charge in [-0.05, 0) is 12.1 Å². The van der Waals surface area contributed by atoms with Crippen molar-refractivity contribution in [2.75, 3.05) is 0 Å². The summed E-state index contributed by atoms with van der Waals surface area (Å²) in [4.78, 5) is 14.8. The third kappa shape index (κ3) is 2.04. The summed E-state index contributed by atoms with van der Waals surface area (Å²) in [5.74, 6) is -0.235. The lowest BCUT2D eigenvalue weighted by Gasteiger charge is -1.94. The van der Waals surface area contributed by atoms with Gasteiger partial charge in [-0.3, -0.25) is 4.79 Å². The number of aromatic nitrogens is 1. The minimum absolute atomic E-state index is 0.122. The van der Waals surface area contributed by atoms with E-state index < -0.39 is 0 Å². The fourth-order valence-electron chi connectivity index (χ4n) is 0.715. The summed E-state index contributed by atoms with van der Waals surface area (Å²) in [5.41, 5.74) is 0.418. The summed E-state index contributed by atoms with van der Waals surface area (Å²) < 4.78 is 0. The second-order valence-electron chi connectivity index (χ2n) is 2.13. The van der Waals surface area contributed by atoms with E-state index in [0.29, 0.717) is 10.7 Å². The molecule has 0 unspecified atom stereocenters. The van der Waals surface area contributed by atoms with E-state index in [0.717, 1.165) is 0 Å². The Morgan fingerprint density at radius 2 is 2.42 bits per heavy atom. The standard InChI is InChI=1S/C8H5ClN2O/c9-8-2-1-6(5-11-8)7(12)3-4-10/h1-2,5H,3H2. The third-order valence-electron chi connectivity index (χ3n) is 1.29. The van der Waals surface area contributed by atoms with Gasteiger partial charge >= 0.3 is 0 Å². The van der Waals surface area contributed by atoms with Crippen LogP contribution in [-0.2, 0) is 0 Å². The van der Waals surface area contributed by atoms with Crippen LogP contribution in [-0.4, -0.2) is 10.8 Å². The topological polar surface area (TPSA) is 53.8 Å². The fraction of sp³-hybridized carbons (Fsp3) is 0.125. The van der Waals surface area contributed by atoms with Crippen LogP contribution in [0.4, 0.5) is 0 Å². The van der Waals surface area contributed by atoms with E-state index in [4.69, 9.17) is 16.9 Å². The number of nitriles is 1. The van der Waals surface area contributed by atoms with Crippen molar-refractivity contribution >= 4 is 17.4 Å². The van der Waals surface area contributed by atoms with Gasteiger partial charge in [0.1, 0.15) is 5.15 Å². The molecule has 3 nitrogen and oxygen atoms in total. The molecule has 0 aliphatic carbocycles. The number of ketones is 1. The summed E-state index contributed by atoms with van der Waals surface area (Å²) in [5, 5.41) is 8.57. The highest BCUT2D eigenvalue weighted by atomic mass is 35.5. The number of nitrogens with zero attached hydrogens (tertiary/aromatic N) is 2. The van der Waals surface area contributed by atoms with E-state index in [2.05, 4.69) is 4.98 Å². The van der Waals surface area contributed by atoms with Crippen molar-refractivity contribution in [1.29, 1.82) is 5.26 Å². The number of pyridine rings is 1. The molecule has 0 aromatic carbocycles. The molecular weight excluding hydrogens is 176 g/mol. The Balaban J connectivity index is 2.84. The van der Waals surface area contributed by atoms with Crippen LogP contribution in [0.2, 0.25) is 5.15 Å². The normalized spacial score (nSPS) is 9.00. The smallest absolute Gasteiger partial charge is 0.178 e. The Bertz CT molecular complexity index is 326. The Morgan fingerprint density at radius 1 is 1.67 bits per heavy atom. The second kappa shape index (κ2) is 3.84. The van der Waals surface area contributed by atoms with Gasteiger partial charge in [0.2, 0.25) is 0 Å². The molecule has 60 valence electrons. The highest BCUT2D eigenvalue weighted by Crippen LogP contribution is 2.06. The number of carbonyl (C=O) groups excluding carboxylic acids is 1. The van der Waals surface area contributed by atoms with Crippen LogP contribution in [0.5, 0.6) is 0 Å². The monoisotopic (exact) mass is 180 g/mol. The number of halogens is 1. The van der Waals surface area contributed by atoms with Crippen molar-refractivity contribution in [3.8, 4) is 6.07 Å². The van der Waals surface area contributed by atoms with Crippen LogP contribution in [0.1, 0.15) is 16.8 Å². The summed E-state index contributed by atoms with van der Waals surface area (Å²) >= 11 is 5.51. The highest BCUT2D eigenvalue weighted by molar-refractivity contribution is 6.29. The van der Waals surface area contributed by atoms with Gasteiger partial charge in [0.25, 0.3) is 0 Å². The van der Waals surface area contributed by atoms with Gasteiger partial charge in [0.05, 0.1) is 12.5 Å². The highest BCUT2D eigenvalue weighted by Gasteiger charge is 2.04. The van der Waals surface area contributed by atoms with Crippen LogP contribution in [0.3, 0.4) is 0 Å². The fourth-order valence-corrected chi connectivity index (χ4v) is 0.826. The van der Waals surface area contributed by atoms with Gasteiger partial charge in [-0.2, -0.15) is 5.26 Å². The lowest BCUT2D eigenvalue weighted by Crippen LogP contribution is -1.97. The molecule has 0 bridgehead atoms. The predicted octanol–water partition coefficient (Wildman–Crippen LogP) is 1.83. The minimum atomic E-state index is -0.235. The van der Waals surface area contributed by atoms with Crippen molar-refractivity contribution in [2.24, 2.45) is 0 Å². The van der Waals surface area contributed by atoms with Crippen LogP contribution < -0.4 is 0 Å². The number of carbonyl (C=O) groups is 1. The van der Waals surface area contributed by atoms with E-state index in [9.17, 15) is 4.79 Å². The maximum atomic E-state index is 11.1. The molecule has 1 heterocycles. The SMILES string of the molecule is N#CCC(=O)c1ccc(Cl)nc1. The van der Waals surface area contributed by atoms with Gasteiger partial charge in [0.15, 0.2) is 5.78 Å². The van der Waals surface area contributed by atoms with Crippen LogP contribution in [0, 0.1) is 11.3 Å². The Labute approximate surface area is 74.6 Å². The molecule has 0 saturated heterocycles. The van der Waals surface area contributed by atoms with Crippen LogP contribution in [0.15, 0.2) is 18.3 Å². The molecule has 0 aliphatic heterocycles. The molecule has 0 saturated carbocycles. The van der Waals surface area contributed by atoms with Gasteiger partial charge in [-0.1, -0.05) is 11.6 Å². The molecule has 0 atom stereocenters. The van der Waals surface area contributed by atoms with E-state index in [-0.39, 0.29) is 12.2 Å². The third-order valence-corrected chi connectivity index (χ3v) is 1.51. The van der Waals surface area contributed by atoms with Crippen molar-refractivity contribution in [1.82, 2.24) is 4.98 Å². The molecule has 1 aromatic rings. The van der Waals surface area contributed by atoms with Crippen molar-refractivity contribution < 1.29 is 4.79 Å². The van der Waals surface area contributed by atoms with Gasteiger partial charge in [0, 0.05) is 11.8 Å². The number of hydrogen-bond acceptors (Lipinski definition) is 3. The Kier molecular flexibility index (Phi) is 2.78. The molecule has 0 radical (unpaired) electrons. The molecule has 0 fully saturated rings. The van der Waals surface area contributed by atoms with Gasteiger partial charge in [-0.15, -0.1) is 0 Å². The quantitative estimate of drug-likeness (QED) is 0.516. The molecule has 1 aromatic heterocycles. The van der Waals surface area contributed by atoms with E-state index in [1.807, 2.05) is 0 Å². The Morgan fingerprint density at radius 3 is 2.92 bits per heavy atom. The number of rotatable bonds is 2. The summed E-state index contributed by atoms with van der Waals surface area (Å²) in [6.07, 6.45) is 1.24. The zero-order valence-corrected chi connectivity index (χ0v) is 6.88. The van der Waals surface area contributed by atoms with Crippen molar-refractivity contribution in [3.63, 3.8) is 0 Å². The number of Topliss-reactive ketones (excluding diaryl/α,β-unsaturated/α-hetero) is 1. The predicted molar refractivity (Wildman–Crippen MR) is 43.8 cm³/mol. The van der Waals surface area contributed by atoms with Gasteiger partial charge < -0.3 is 0 Å². The second-order valence-corrected chi connectivity index (χ2v) is 2.51. The Hall–Kier alpha value is -1.40. The maximum absolute atomic E-state index is 11.1. The first-order chi connectivity index (χ1) is 5.74. The molecule has 0 aliphatic rings. The van der Waals surface area contributed by atoms with E-state index in [1.54, 1.807) is 12.1 Å². The molecule has 12 heavy (non-hydrogen) atoms. The zero-order valence-electron chi connectivity index (χ0n) is 6.12. The molecule has 1 rings (SSSR count). The summed E-state index contributed by atoms with van der Waals surface area (Å²) in [7, 11) is 0. The summed E-state index contributed by atoms with van der Waals surface area (Å²) in [6.45, 7) is 0. The molecule has 0 amide bonds. The molecule has 0 spiro atoms. The number of hydrogen-bond donors (Lipinski definition) is 0. The lowest BCUT2D eigenvalue weighted by atomic mass is 10.1. The largest absolute Gasteiger partial charge is 0.293 e. The van der Waals surface area contributed by atoms with E-state index in [1.165, 1.54) is 12.3 Å². The van der Waals surface area contributed by atoms with Crippen molar-refractivity contribution in [2.45, 2.75) is 6.42 Å². The van der Waals surface area contributed by atoms with Crippen molar-refractivity contribution in [3.05, 3.63) is 29.0 Å². The van der Waals surface area contributed by atoms with Gasteiger partial charge in [-0.25, -0.2) is 4.98 Å². The average molecular weight is 181 g/mol. The minimum Gasteiger partial charge on any atom is -0.293 e. The first-order valence-corrected chi connectivity index (χ1v) is 3.63. The average Bonchev–Trinajstić information content (AvgIpc) is 2.06. The molecule has 4 heteroatoms. The summed E-state index contributed by atoms with van der Waals surface area (Å²) in [6, 6.07) is 4.84. The lowest BCUT2D eigenvalue weighted by molar-refractivity contribution is 0.0997.